The topological polar surface area (TPSA) is 167 Å². The van der Waals surface area contributed by atoms with E-state index in [4.69, 9.17) is 24.7 Å². The van der Waals surface area contributed by atoms with E-state index in [0.717, 1.165) is 30.6 Å². The third-order valence-electron chi connectivity index (χ3n) is 5.07. The average Bonchev–Trinajstić information content (AvgIpc) is 2.90. The maximum Gasteiger partial charge on any atom is 0.407 e. The zero-order valence-corrected chi connectivity index (χ0v) is 24.3. The number of nitrogen functional groups attached to an aromatic ring is 1. The summed E-state index contributed by atoms with van der Waals surface area (Å²) in [6.07, 6.45) is 1.65. The van der Waals surface area contributed by atoms with Crippen LogP contribution in [0.15, 0.2) is 24.3 Å². The van der Waals surface area contributed by atoms with Gasteiger partial charge in [0.15, 0.2) is 0 Å². The molecule has 0 fully saturated rings. The molecule has 0 bridgehead atoms. The van der Waals surface area contributed by atoms with Gasteiger partial charge >= 0.3 is 6.09 Å². The summed E-state index contributed by atoms with van der Waals surface area (Å²) in [5.41, 5.74) is 7.05. The van der Waals surface area contributed by atoms with Crippen molar-refractivity contribution in [3.05, 3.63) is 29.8 Å². The molecule has 0 radical (unpaired) electrons. The molecular weight excluding hydrogens is 516 g/mol. The molecule has 2 aromatic rings. The first-order valence-electron chi connectivity index (χ1n) is 13.8. The summed E-state index contributed by atoms with van der Waals surface area (Å²) in [5.74, 6) is 1.46. The van der Waals surface area contributed by atoms with Gasteiger partial charge in [0.1, 0.15) is 5.60 Å². The summed E-state index contributed by atoms with van der Waals surface area (Å²) in [6.45, 7) is 12.5. The molecule has 2 rings (SSSR count). The Kier molecular flexibility index (Phi) is 15.4. The molecule has 0 aliphatic rings. The first-order valence-corrected chi connectivity index (χ1v) is 13.8. The van der Waals surface area contributed by atoms with E-state index in [0.29, 0.717) is 77.1 Å². The first kappa shape index (κ1) is 32.8. The third kappa shape index (κ3) is 15.9. The van der Waals surface area contributed by atoms with Crippen molar-refractivity contribution < 1.29 is 23.7 Å². The smallest absolute Gasteiger partial charge is 0.407 e. The lowest BCUT2D eigenvalue weighted by molar-refractivity contribution is 0.0157. The number of benzene rings is 1. The van der Waals surface area contributed by atoms with Crippen molar-refractivity contribution >= 4 is 29.6 Å². The maximum absolute atomic E-state index is 11.5. The molecule has 0 aliphatic carbocycles. The minimum Gasteiger partial charge on any atom is -0.444 e. The lowest BCUT2D eigenvalue weighted by Crippen LogP contribution is -2.34. The number of ether oxygens (including phenoxy) is 4. The second-order valence-electron chi connectivity index (χ2n) is 9.87. The van der Waals surface area contributed by atoms with Crippen molar-refractivity contribution in [1.29, 1.82) is 0 Å². The molecule has 6 N–H and O–H groups in total. The molecule has 13 nitrogen and oxygen atoms in total. The molecule has 224 valence electrons. The quantitative estimate of drug-likeness (QED) is 0.118. The number of alkyl carbamates (subject to hydrolysis) is 1. The summed E-state index contributed by atoms with van der Waals surface area (Å²) in [5, 5.41) is 12.3. The highest BCUT2D eigenvalue weighted by Crippen LogP contribution is 2.12. The molecule has 0 saturated carbocycles. The van der Waals surface area contributed by atoms with Crippen molar-refractivity contribution in [1.82, 2.24) is 20.3 Å². The number of rotatable bonds is 20. The van der Waals surface area contributed by atoms with Crippen LogP contribution in [0.4, 0.5) is 28.3 Å². The predicted molar refractivity (Wildman–Crippen MR) is 157 cm³/mol. The van der Waals surface area contributed by atoms with Crippen molar-refractivity contribution in [3.8, 4) is 0 Å². The summed E-state index contributed by atoms with van der Waals surface area (Å²) >= 11 is 0. The highest BCUT2D eigenvalue weighted by Gasteiger charge is 2.15. The molecule has 1 aromatic heterocycles. The van der Waals surface area contributed by atoms with E-state index >= 15 is 0 Å². The van der Waals surface area contributed by atoms with Crippen LogP contribution in [-0.2, 0) is 25.5 Å². The van der Waals surface area contributed by atoms with Gasteiger partial charge < -0.3 is 45.9 Å². The van der Waals surface area contributed by atoms with Crippen LogP contribution in [0.25, 0.3) is 0 Å². The van der Waals surface area contributed by atoms with Gasteiger partial charge in [0.25, 0.3) is 0 Å². The number of hydrogen-bond donors (Lipinski definition) is 5. The molecule has 0 unspecified atom stereocenters. The van der Waals surface area contributed by atoms with Gasteiger partial charge in [-0.1, -0.05) is 25.5 Å². The van der Waals surface area contributed by atoms with Gasteiger partial charge in [-0.25, -0.2) is 4.79 Å². The molecule has 0 spiro atoms. The molecule has 0 aliphatic heterocycles. The lowest BCUT2D eigenvalue weighted by atomic mass is 10.2. The zero-order chi connectivity index (χ0) is 29.1. The monoisotopic (exact) mass is 562 g/mol. The fourth-order valence-corrected chi connectivity index (χ4v) is 3.12. The van der Waals surface area contributed by atoms with E-state index in [1.165, 1.54) is 0 Å². The number of unbranched alkanes of at least 4 members (excludes halogenated alkanes) is 1. The molecule has 0 atom stereocenters. The molecule has 13 heteroatoms. The highest BCUT2D eigenvalue weighted by atomic mass is 16.6. The maximum atomic E-state index is 11.5. The first-order chi connectivity index (χ1) is 19.2. The largest absolute Gasteiger partial charge is 0.444 e. The Morgan fingerprint density at radius 3 is 1.88 bits per heavy atom. The van der Waals surface area contributed by atoms with Crippen LogP contribution in [0, 0.1) is 0 Å². The second kappa shape index (κ2) is 18.8. The van der Waals surface area contributed by atoms with Crippen LogP contribution < -0.4 is 27.0 Å². The number of aromatic nitrogens is 3. The van der Waals surface area contributed by atoms with Crippen molar-refractivity contribution in [3.63, 3.8) is 0 Å². The van der Waals surface area contributed by atoms with Crippen LogP contribution in [-0.4, -0.2) is 85.9 Å². The highest BCUT2D eigenvalue weighted by molar-refractivity contribution is 5.67. The van der Waals surface area contributed by atoms with Gasteiger partial charge in [-0.3, -0.25) is 0 Å². The van der Waals surface area contributed by atoms with E-state index in [1.807, 2.05) is 45.0 Å². The minimum absolute atomic E-state index is 0.378. The van der Waals surface area contributed by atoms with Gasteiger partial charge in [-0.2, -0.15) is 15.0 Å². The van der Waals surface area contributed by atoms with Crippen LogP contribution >= 0.6 is 0 Å². The van der Waals surface area contributed by atoms with Gasteiger partial charge in [-0.15, -0.1) is 0 Å². The Morgan fingerprint density at radius 2 is 1.30 bits per heavy atom. The summed E-state index contributed by atoms with van der Waals surface area (Å²) in [7, 11) is 0. The van der Waals surface area contributed by atoms with Crippen molar-refractivity contribution in [2.45, 2.75) is 52.7 Å². The Balaban J connectivity index is 1.59. The van der Waals surface area contributed by atoms with Crippen molar-refractivity contribution in [2.75, 3.05) is 81.0 Å². The number of nitrogens with two attached hydrogens (primary N) is 1. The molecule has 1 amide bonds. The molecule has 0 saturated heterocycles. The van der Waals surface area contributed by atoms with E-state index < -0.39 is 11.7 Å². The van der Waals surface area contributed by atoms with Crippen molar-refractivity contribution in [2.24, 2.45) is 0 Å². The van der Waals surface area contributed by atoms with E-state index in [2.05, 4.69) is 43.1 Å². The zero-order valence-electron chi connectivity index (χ0n) is 24.3. The van der Waals surface area contributed by atoms with Gasteiger partial charge in [0.2, 0.25) is 17.8 Å². The standard InChI is InChI=1S/C27H46N8O5/c1-5-6-11-29-23-33-24(35-25(34-23)32-20-21-7-9-22(28)10-8-21)30-12-14-37-16-18-39-19-17-38-15-13-31-26(36)40-27(2,3)4/h7-10H,5-6,11-20,28H2,1-4H3,(H,31,36)(H3,29,30,32,33,34,35). The Hall–Kier alpha value is -3.42. The predicted octanol–water partition coefficient (Wildman–Crippen LogP) is 3.26. The van der Waals surface area contributed by atoms with Crippen LogP contribution in [0.5, 0.6) is 0 Å². The number of amides is 1. The molecule has 1 aromatic carbocycles. The second-order valence-corrected chi connectivity index (χ2v) is 9.87. The Morgan fingerprint density at radius 1 is 0.775 bits per heavy atom. The number of nitrogens with zero attached hydrogens (tertiary/aromatic N) is 3. The van der Waals surface area contributed by atoms with Crippen LogP contribution in [0.2, 0.25) is 0 Å². The summed E-state index contributed by atoms with van der Waals surface area (Å²) in [4.78, 5) is 24.9. The fourth-order valence-electron chi connectivity index (χ4n) is 3.12. The molecule has 40 heavy (non-hydrogen) atoms. The Labute approximate surface area is 237 Å². The van der Waals surface area contributed by atoms with Gasteiger partial charge in [0.05, 0.1) is 39.6 Å². The van der Waals surface area contributed by atoms with E-state index in [9.17, 15) is 4.79 Å². The van der Waals surface area contributed by atoms with Crippen LogP contribution in [0.1, 0.15) is 46.1 Å². The summed E-state index contributed by atoms with van der Waals surface area (Å²) in [6, 6.07) is 7.65. The van der Waals surface area contributed by atoms with Gasteiger partial charge in [0, 0.05) is 31.9 Å². The number of anilines is 4. The van der Waals surface area contributed by atoms with E-state index in [1.54, 1.807) is 0 Å². The number of nitrogens with one attached hydrogen (secondary N) is 4. The average molecular weight is 563 g/mol. The fraction of sp³-hybridized carbons (Fsp3) is 0.630. The molecule has 1 heterocycles. The van der Waals surface area contributed by atoms with Gasteiger partial charge in [-0.05, 0) is 44.9 Å². The third-order valence-corrected chi connectivity index (χ3v) is 5.07. The number of carbonyl (C=O) groups excluding carboxylic acids is 1. The number of carbonyl (C=O) groups is 1. The van der Waals surface area contributed by atoms with E-state index in [-0.39, 0.29) is 0 Å². The minimum atomic E-state index is -0.515. The number of hydrogen-bond acceptors (Lipinski definition) is 12. The summed E-state index contributed by atoms with van der Waals surface area (Å²) < 4.78 is 21.7. The van der Waals surface area contributed by atoms with Crippen LogP contribution in [0.3, 0.4) is 0 Å². The Bertz CT molecular complexity index is 972. The SMILES string of the molecule is CCCCNc1nc(NCCOCCOCCOCCNC(=O)OC(C)(C)C)nc(NCc2ccc(N)cc2)n1. The molecular formula is C27H46N8O5. The normalized spacial score (nSPS) is 11.2. The lowest BCUT2D eigenvalue weighted by Gasteiger charge is -2.19.